The van der Waals surface area contributed by atoms with Crippen LogP contribution in [0.5, 0.6) is 0 Å². The van der Waals surface area contributed by atoms with Gasteiger partial charge in [-0.15, -0.1) is 0 Å². The van der Waals surface area contributed by atoms with E-state index in [1.165, 1.54) is 12.1 Å². The van der Waals surface area contributed by atoms with Crippen LogP contribution in [0.4, 0.5) is 24.5 Å². The third-order valence-electron chi connectivity index (χ3n) is 5.53. The number of anilines is 2. The summed E-state index contributed by atoms with van der Waals surface area (Å²) in [6, 6.07) is 13.5. The second kappa shape index (κ2) is 7.73. The number of benzene rings is 2. The topological polar surface area (TPSA) is 73.5 Å². The Bertz CT molecular complexity index is 934. The van der Waals surface area contributed by atoms with Crippen LogP contribution in [0.2, 0.25) is 0 Å². The predicted octanol–water partition coefficient (Wildman–Crippen LogP) is 2.79. The van der Waals surface area contributed by atoms with Crippen LogP contribution in [0.3, 0.4) is 0 Å². The Hall–Kier alpha value is -2.91. The molecule has 0 aromatic heterocycles. The third kappa shape index (κ3) is 3.78. The molecule has 4 atom stereocenters. The summed E-state index contributed by atoms with van der Waals surface area (Å²) in [6.45, 7) is 2.03. The van der Waals surface area contributed by atoms with E-state index in [4.69, 9.17) is 0 Å². The number of nitrogens with zero attached hydrogens (tertiary/aromatic N) is 1. The number of carbonyl (C=O) groups excluding carboxylic acids is 2. The lowest BCUT2D eigenvalue weighted by molar-refractivity contribution is -0.138. The largest absolute Gasteiger partial charge is 0.416 e. The molecule has 3 N–H and O–H groups in total. The van der Waals surface area contributed by atoms with E-state index in [1.807, 2.05) is 42.3 Å². The standard InChI is InChI=1S/C21H21F3N4O2/c1-12-17-18(29)16(11-25-19(17)28(27-12)15-5-3-2-4-6-15)20(30)26-14-9-7-13(8-10-14)21(22,23)24/h2-10,12,16-17,19,25,27H,11H2,1H3,(H,26,30). The lowest BCUT2D eigenvalue weighted by atomic mass is 9.83. The molecular weight excluding hydrogens is 397 g/mol. The summed E-state index contributed by atoms with van der Waals surface area (Å²) in [5.41, 5.74) is 3.60. The van der Waals surface area contributed by atoms with Gasteiger partial charge >= 0.3 is 6.18 Å². The van der Waals surface area contributed by atoms with E-state index < -0.39 is 29.5 Å². The molecular formula is C21H21F3N4O2. The van der Waals surface area contributed by atoms with Crippen molar-refractivity contribution in [1.82, 2.24) is 10.7 Å². The lowest BCUT2D eigenvalue weighted by Crippen LogP contribution is -2.58. The molecule has 9 heteroatoms. The van der Waals surface area contributed by atoms with Crippen molar-refractivity contribution in [2.24, 2.45) is 11.8 Å². The zero-order valence-electron chi connectivity index (χ0n) is 16.1. The average molecular weight is 418 g/mol. The summed E-state index contributed by atoms with van der Waals surface area (Å²) < 4.78 is 38.1. The molecule has 0 radical (unpaired) electrons. The molecule has 2 aliphatic heterocycles. The van der Waals surface area contributed by atoms with Gasteiger partial charge in [-0.1, -0.05) is 18.2 Å². The smallest absolute Gasteiger partial charge is 0.325 e. The molecule has 158 valence electrons. The molecule has 2 saturated heterocycles. The van der Waals surface area contributed by atoms with Gasteiger partial charge in [-0.25, -0.2) is 5.43 Å². The number of ketones is 1. The van der Waals surface area contributed by atoms with Crippen molar-refractivity contribution in [3.63, 3.8) is 0 Å². The van der Waals surface area contributed by atoms with E-state index in [2.05, 4.69) is 16.1 Å². The molecule has 2 aliphatic rings. The Kier molecular flexibility index (Phi) is 5.25. The Morgan fingerprint density at radius 3 is 2.40 bits per heavy atom. The molecule has 1 amide bonds. The number of piperidine rings is 1. The number of halogens is 3. The van der Waals surface area contributed by atoms with Crippen LogP contribution in [-0.2, 0) is 15.8 Å². The van der Waals surface area contributed by atoms with Crippen molar-refractivity contribution in [3.05, 3.63) is 60.2 Å². The van der Waals surface area contributed by atoms with Crippen molar-refractivity contribution in [3.8, 4) is 0 Å². The fourth-order valence-corrected chi connectivity index (χ4v) is 4.02. The fourth-order valence-electron chi connectivity index (χ4n) is 4.02. The number of amides is 1. The van der Waals surface area contributed by atoms with Gasteiger partial charge in [0.1, 0.15) is 12.1 Å². The quantitative estimate of drug-likeness (QED) is 0.669. The molecule has 4 unspecified atom stereocenters. The molecule has 2 fully saturated rings. The molecule has 30 heavy (non-hydrogen) atoms. The molecule has 6 nitrogen and oxygen atoms in total. The highest BCUT2D eigenvalue weighted by molar-refractivity contribution is 6.09. The van der Waals surface area contributed by atoms with Gasteiger partial charge in [-0.05, 0) is 43.3 Å². The molecule has 2 heterocycles. The van der Waals surface area contributed by atoms with Crippen LogP contribution in [-0.4, -0.2) is 30.4 Å². The monoisotopic (exact) mass is 418 g/mol. The van der Waals surface area contributed by atoms with Gasteiger partial charge in [0.05, 0.1) is 17.2 Å². The maximum absolute atomic E-state index is 13.1. The Balaban J connectivity index is 1.46. The first-order chi connectivity index (χ1) is 14.3. The molecule has 2 aromatic carbocycles. The number of rotatable bonds is 3. The first-order valence-corrected chi connectivity index (χ1v) is 9.61. The minimum absolute atomic E-state index is 0.143. The van der Waals surface area contributed by atoms with Gasteiger partial charge in [0.2, 0.25) is 5.91 Å². The number of fused-ring (bicyclic) bond motifs is 1. The lowest BCUT2D eigenvalue weighted by Gasteiger charge is -2.35. The number of alkyl halides is 3. The molecule has 0 saturated carbocycles. The molecule has 0 bridgehead atoms. The summed E-state index contributed by atoms with van der Waals surface area (Å²) in [4.78, 5) is 25.8. The number of para-hydroxylation sites is 1. The zero-order chi connectivity index (χ0) is 21.5. The maximum atomic E-state index is 13.1. The molecule has 2 aromatic rings. The minimum atomic E-state index is -4.45. The maximum Gasteiger partial charge on any atom is 0.416 e. The predicted molar refractivity (Wildman–Crippen MR) is 105 cm³/mol. The number of nitrogens with one attached hydrogen (secondary N) is 3. The van der Waals surface area contributed by atoms with Crippen molar-refractivity contribution in [2.75, 3.05) is 16.9 Å². The van der Waals surface area contributed by atoms with Crippen molar-refractivity contribution in [2.45, 2.75) is 25.3 Å². The third-order valence-corrected chi connectivity index (χ3v) is 5.53. The first kappa shape index (κ1) is 20.4. The highest BCUT2D eigenvalue weighted by atomic mass is 19.4. The van der Waals surface area contributed by atoms with E-state index in [0.717, 1.165) is 17.8 Å². The van der Waals surface area contributed by atoms with Crippen molar-refractivity contribution in [1.29, 1.82) is 0 Å². The SMILES string of the molecule is CC1NN(c2ccccc2)C2NCC(C(=O)Nc3ccc(C(F)(F)F)cc3)C(=O)C12. The van der Waals surface area contributed by atoms with Gasteiger partial charge in [-0.2, -0.15) is 13.2 Å². The normalized spacial score (nSPS) is 26.4. The molecule has 0 spiro atoms. The van der Waals surface area contributed by atoms with E-state index >= 15 is 0 Å². The van der Waals surface area contributed by atoms with E-state index in [1.54, 1.807) is 0 Å². The van der Waals surface area contributed by atoms with Crippen LogP contribution in [0.15, 0.2) is 54.6 Å². The second-order valence-corrected chi connectivity index (χ2v) is 7.52. The summed E-state index contributed by atoms with van der Waals surface area (Å²) in [5.74, 6) is -2.09. The Labute approximate surface area is 171 Å². The number of Topliss-reactive ketones (excluding diaryl/α,β-unsaturated/α-hetero) is 1. The van der Waals surface area contributed by atoms with Gasteiger partial charge in [0, 0.05) is 18.3 Å². The van der Waals surface area contributed by atoms with Gasteiger partial charge in [0.15, 0.2) is 5.78 Å². The number of hydrogen-bond acceptors (Lipinski definition) is 5. The number of carbonyl (C=O) groups is 2. The first-order valence-electron chi connectivity index (χ1n) is 9.61. The number of hydrogen-bond donors (Lipinski definition) is 3. The average Bonchev–Trinajstić information content (AvgIpc) is 3.06. The Morgan fingerprint density at radius 2 is 1.77 bits per heavy atom. The Morgan fingerprint density at radius 1 is 1.10 bits per heavy atom. The minimum Gasteiger partial charge on any atom is -0.325 e. The van der Waals surface area contributed by atoms with E-state index in [-0.39, 0.29) is 30.2 Å². The van der Waals surface area contributed by atoms with Crippen molar-refractivity contribution >= 4 is 23.1 Å². The van der Waals surface area contributed by atoms with Crippen LogP contribution >= 0.6 is 0 Å². The fraction of sp³-hybridized carbons (Fsp3) is 0.333. The highest BCUT2D eigenvalue weighted by Crippen LogP contribution is 2.32. The van der Waals surface area contributed by atoms with Crippen molar-refractivity contribution < 1.29 is 22.8 Å². The molecule has 4 rings (SSSR count). The van der Waals surface area contributed by atoms with Crippen LogP contribution in [0.25, 0.3) is 0 Å². The summed E-state index contributed by atoms with van der Waals surface area (Å²) >= 11 is 0. The zero-order valence-corrected chi connectivity index (χ0v) is 16.1. The van der Waals surface area contributed by atoms with Gasteiger partial charge in [-0.3, -0.25) is 19.9 Å². The van der Waals surface area contributed by atoms with Crippen LogP contribution < -0.4 is 21.1 Å². The molecule has 0 aliphatic carbocycles. The summed E-state index contributed by atoms with van der Waals surface area (Å²) in [7, 11) is 0. The summed E-state index contributed by atoms with van der Waals surface area (Å²) in [5, 5.41) is 7.73. The van der Waals surface area contributed by atoms with Crippen LogP contribution in [0.1, 0.15) is 12.5 Å². The second-order valence-electron chi connectivity index (χ2n) is 7.52. The number of hydrazine groups is 1. The van der Waals surface area contributed by atoms with Gasteiger partial charge in [0.25, 0.3) is 0 Å². The van der Waals surface area contributed by atoms with Gasteiger partial charge < -0.3 is 5.32 Å². The van der Waals surface area contributed by atoms with E-state index in [9.17, 15) is 22.8 Å². The highest BCUT2D eigenvalue weighted by Gasteiger charge is 2.50. The van der Waals surface area contributed by atoms with Crippen LogP contribution in [0, 0.1) is 11.8 Å². The summed E-state index contributed by atoms with van der Waals surface area (Å²) in [6.07, 6.45) is -4.73. The van der Waals surface area contributed by atoms with E-state index in [0.29, 0.717) is 0 Å².